The Hall–Kier alpha value is -3.55. The minimum atomic E-state index is -0.499. The molecule has 2 aromatic rings. The van der Waals surface area contributed by atoms with Crippen LogP contribution in [0.4, 0.5) is 0 Å². The minimum absolute atomic E-state index is 0.0524. The Morgan fingerprint density at radius 2 is 1.96 bits per heavy atom. The number of nitrogens with one attached hydrogen (secondary N) is 2. The largest absolute Gasteiger partial charge is 0.507 e. The first-order chi connectivity index (χ1) is 12.1. The van der Waals surface area contributed by atoms with E-state index in [1.54, 1.807) is 36.4 Å². The Labute approximate surface area is 143 Å². The summed E-state index contributed by atoms with van der Waals surface area (Å²) >= 11 is 0. The van der Waals surface area contributed by atoms with E-state index in [2.05, 4.69) is 15.8 Å². The van der Waals surface area contributed by atoms with E-state index in [0.29, 0.717) is 22.6 Å². The highest BCUT2D eigenvalue weighted by Gasteiger charge is 2.16. The number of hydrogen-bond donors (Lipinski definition) is 3. The van der Waals surface area contributed by atoms with Gasteiger partial charge in [-0.05, 0) is 30.3 Å². The summed E-state index contributed by atoms with van der Waals surface area (Å²) in [6.45, 7) is -0.122. The molecule has 128 valence electrons. The van der Waals surface area contributed by atoms with Gasteiger partial charge < -0.3 is 19.9 Å². The first-order valence-electron chi connectivity index (χ1n) is 7.41. The van der Waals surface area contributed by atoms with Crippen molar-refractivity contribution >= 4 is 18.0 Å². The summed E-state index contributed by atoms with van der Waals surface area (Å²) in [5, 5.41) is 15.8. The Kier molecular flexibility index (Phi) is 4.79. The van der Waals surface area contributed by atoms with Gasteiger partial charge in [0.2, 0.25) is 6.79 Å². The number of fused-ring (bicyclic) bond motifs is 1. The molecule has 3 N–H and O–H groups in total. The monoisotopic (exact) mass is 341 g/mol. The van der Waals surface area contributed by atoms with Gasteiger partial charge in [-0.15, -0.1) is 0 Å². The highest BCUT2D eigenvalue weighted by molar-refractivity contribution is 5.97. The zero-order chi connectivity index (χ0) is 17.6. The quantitative estimate of drug-likeness (QED) is 0.555. The normalized spacial score (nSPS) is 12.2. The van der Waals surface area contributed by atoms with E-state index in [-0.39, 0.29) is 19.1 Å². The zero-order valence-electron chi connectivity index (χ0n) is 13.1. The molecule has 1 aliphatic rings. The van der Waals surface area contributed by atoms with E-state index in [1.807, 2.05) is 0 Å². The third kappa shape index (κ3) is 4.05. The van der Waals surface area contributed by atoms with E-state index in [0.717, 1.165) is 0 Å². The van der Waals surface area contributed by atoms with Crippen molar-refractivity contribution < 1.29 is 24.2 Å². The SMILES string of the molecule is O=C(CNC(=O)c1ccc2c(c1)OCO2)NN=Cc1ccccc1O. The third-order valence-electron chi connectivity index (χ3n) is 3.37. The molecule has 1 aliphatic heterocycles. The summed E-state index contributed by atoms with van der Waals surface area (Å²) in [6.07, 6.45) is 1.31. The predicted octanol–water partition coefficient (Wildman–Crippen LogP) is 1.00. The number of para-hydroxylation sites is 1. The van der Waals surface area contributed by atoms with Crippen LogP contribution < -0.4 is 20.2 Å². The molecule has 0 aromatic heterocycles. The van der Waals surface area contributed by atoms with Crippen LogP contribution >= 0.6 is 0 Å². The Balaban J connectivity index is 1.49. The number of rotatable bonds is 5. The smallest absolute Gasteiger partial charge is 0.259 e. The van der Waals surface area contributed by atoms with Gasteiger partial charge in [-0.25, -0.2) is 5.43 Å². The second-order valence-corrected chi connectivity index (χ2v) is 5.10. The average Bonchev–Trinajstić information content (AvgIpc) is 3.09. The maximum atomic E-state index is 12.0. The van der Waals surface area contributed by atoms with Crippen molar-refractivity contribution in [3.63, 3.8) is 0 Å². The fraction of sp³-hybridized carbons (Fsp3) is 0.118. The van der Waals surface area contributed by atoms with Crippen molar-refractivity contribution in [2.45, 2.75) is 0 Å². The Morgan fingerprint density at radius 3 is 2.80 bits per heavy atom. The van der Waals surface area contributed by atoms with E-state index in [1.165, 1.54) is 12.3 Å². The summed E-state index contributed by atoms with van der Waals surface area (Å²) in [7, 11) is 0. The minimum Gasteiger partial charge on any atom is -0.507 e. The summed E-state index contributed by atoms with van der Waals surface area (Å²) in [6, 6.07) is 11.3. The first-order valence-corrected chi connectivity index (χ1v) is 7.41. The van der Waals surface area contributed by atoms with Crippen molar-refractivity contribution in [3.05, 3.63) is 53.6 Å². The van der Waals surface area contributed by atoms with Crippen molar-refractivity contribution in [3.8, 4) is 17.2 Å². The number of amides is 2. The van der Waals surface area contributed by atoms with Gasteiger partial charge in [-0.1, -0.05) is 12.1 Å². The first kappa shape index (κ1) is 16.3. The molecular weight excluding hydrogens is 326 g/mol. The fourth-order valence-corrected chi connectivity index (χ4v) is 2.11. The lowest BCUT2D eigenvalue weighted by atomic mass is 10.2. The molecule has 25 heavy (non-hydrogen) atoms. The number of carbonyl (C=O) groups is 2. The van der Waals surface area contributed by atoms with Gasteiger partial charge in [0.15, 0.2) is 11.5 Å². The fourth-order valence-electron chi connectivity index (χ4n) is 2.11. The van der Waals surface area contributed by atoms with Gasteiger partial charge in [0.05, 0.1) is 12.8 Å². The van der Waals surface area contributed by atoms with Crippen molar-refractivity contribution in [1.82, 2.24) is 10.7 Å². The molecule has 3 rings (SSSR count). The van der Waals surface area contributed by atoms with Gasteiger partial charge >= 0.3 is 0 Å². The number of phenolic OH excluding ortho intramolecular Hbond substituents is 1. The topological polar surface area (TPSA) is 109 Å². The van der Waals surface area contributed by atoms with Crippen LogP contribution in [0.25, 0.3) is 0 Å². The van der Waals surface area contributed by atoms with Crippen LogP contribution in [0.2, 0.25) is 0 Å². The molecule has 0 atom stereocenters. The molecule has 8 heteroatoms. The van der Waals surface area contributed by atoms with Crippen molar-refractivity contribution in [2.75, 3.05) is 13.3 Å². The van der Waals surface area contributed by atoms with Gasteiger partial charge in [0.25, 0.3) is 11.8 Å². The van der Waals surface area contributed by atoms with E-state index >= 15 is 0 Å². The number of hydrazone groups is 1. The van der Waals surface area contributed by atoms with Crippen LogP contribution in [-0.2, 0) is 4.79 Å². The molecule has 1 heterocycles. The lowest BCUT2D eigenvalue weighted by Gasteiger charge is -2.05. The Morgan fingerprint density at radius 1 is 1.16 bits per heavy atom. The summed E-state index contributed by atoms with van der Waals surface area (Å²) in [5.74, 6) is 0.202. The van der Waals surface area contributed by atoms with Crippen LogP contribution in [0.5, 0.6) is 17.2 Å². The average molecular weight is 341 g/mol. The molecule has 2 aromatic carbocycles. The second-order valence-electron chi connectivity index (χ2n) is 5.10. The second kappa shape index (κ2) is 7.35. The standard InChI is InChI=1S/C17H15N3O5/c21-13-4-2-1-3-12(13)8-19-20-16(22)9-18-17(23)11-5-6-14-15(7-11)25-10-24-14/h1-8,21H,9-10H2,(H,18,23)(H,20,22). The van der Waals surface area contributed by atoms with Crippen LogP contribution in [0.1, 0.15) is 15.9 Å². The Bertz CT molecular complexity index is 835. The summed E-state index contributed by atoms with van der Waals surface area (Å²) < 4.78 is 10.4. The molecule has 2 amide bonds. The lowest BCUT2D eigenvalue weighted by Crippen LogP contribution is -2.34. The van der Waals surface area contributed by atoms with E-state index in [9.17, 15) is 14.7 Å². The molecule has 0 bridgehead atoms. The summed E-state index contributed by atoms with van der Waals surface area (Å²) in [4.78, 5) is 23.7. The maximum Gasteiger partial charge on any atom is 0.259 e. The molecule has 0 aliphatic carbocycles. The third-order valence-corrected chi connectivity index (χ3v) is 3.37. The number of aromatic hydroxyl groups is 1. The lowest BCUT2D eigenvalue weighted by molar-refractivity contribution is -0.120. The van der Waals surface area contributed by atoms with Crippen LogP contribution in [0.3, 0.4) is 0 Å². The van der Waals surface area contributed by atoms with Crippen molar-refractivity contribution in [2.24, 2.45) is 5.10 Å². The van der Waals surface area contributed by atoms with Gasteiger partial charge in [0, 0.05) is 11.1 Å². The van der Waals surface area contributed by atoms with E-state index in [4.69, 9.17) is 9.47 Å². The molecule has 0 fully saturated rings. The number of carbonyl (C=O) groups excluding carboxylic acids is 2. The molecule has 0 spiro atoms. The number of hydrogen-bond acceptors (Lipinski definition) is 6. The summed E-state index contributed by atoms with van der Waals surface area (Å²) in [5.41, 5.74) is 3.09. The van der Waals surface area contributed by atoms with Gasteiger partial charge in [0.1, 0.15) is 5.75 Å². The number of nitrogens with zero attached hydrogens (tertiary/aromatic N) is 1. The van der Waals surface area contributed by atoms with E-state index < -0.39 is 11.8 Å². The van der Waals surface area contributed by atoms with Crippen LogP contribution in [0, 0.1) is 0 Å². The zero-order valence-corrected chi connectivity index (χ0v) is 13.1. The van der Waals surface area contributed by atoms with Gasteiger partial charge in [-0.2, -0.15) is 5.10 Å². The van der Waals surface area contributed by atoms with Gasteiger partial charge in [-0.3, -0.25) is 9.59 Å². The predicted molar refractivity (Wildman–Crippen MR) is 88.7 cm³/mol. The molecule has 0 radical (unpaired) electrons. The molecular formula is C17H15N3O5. The van der Waals surface area contributed by atoms with Crippen LogP contribution in [0.15, 0.2) is 47.6 Å². The maximum absolute atomic E-state index is 12.0. The van der Waals surface area contributed by atoms with Crippen molar-refractivity contribution in [1.29, 1.82) is 0 Å². The highest BCUT2D eigenvalue weighted by Crippen LogP contribution is 2.32. The number of phenols is 1. The molecule has 0 saturated heterocycles. The number of benzene rings is 2. The number of ether oxygens (including phenoxy) is 2. The molecule has 0 unspecified atom stereocenters. The molecule has 8 nitrogen and oxygen atoms in total. The molecule has 0 saturated carbocycles. The highest BCUT2D eigenvalue weighted by atomic mass is 16.7. The van der Waals surface area contributed by atoms with Crippen LogP contribution in [-0.4, -0.2) is 36.5 Å².